The Morgan fingerprint density at radius 1 is 1.04 bits per heavy atom. The molecule has 1 aliphatic rings. The predicted octanol–water partition coefficient (Wildman–Crippen LogP) is 5.67. The zero-order chi connectivity index (χ0) is 19.6. The van der Waals surface area contributed by atoms with Crippen molar-refractivity contribution in [2.45, 2.75) is 32.2 Å². The van der Waals surface area contributed by atoms with E-state index in [1.807, 2.05) is 66.4 Å². The van der Waals surface area contributed by atoms with Crippen LogP contribution < -0.4 is 4.74 Å². The highest BCUT2D eigenvalue weighted by Crippen LogP contribution is 2.31. The lowest BCUT2D eigenvalue weighted by Crippen LogP contribution is -2.39. The molecular weight excluding hydrogens is 362 g/mol. The van der Waals surface area contributed by atoms with E-state index >= 15 is 0 Å². The molecule has 1 fully saturated rings. The van der Waals surface area contributed by atoms with Crippen LogP contribution in [0.1, 0.15) is 24.3 Å². The zero-order valence-corrected chi connectivity index (χ0v) is 15.7. The summed E-state index contributed by atoms with van der Waals surface area (Å²) >= 11 is 0. The lowest BCUT2D eigenvalue weighted by atomic mass is 10.1. The summed E-state index contributed by atoms with van der Waals surface area (Å²) in [4.78, 5) is 6.61. The van der Waals surface area contributed by atoms with E-state index in [4.69, 9.17) is 9.15 Å². The number of rotatable bonds is 5. The number of alkyl halides is 2. The summed E-state index contributed by atoms with van der Waals surface area (Å²) in [5.41, 5.74) is 1.60. The summed E-state index contributed by atoms with van der Waals surface area (Å²) in [5, 5.41) is 0. The number of benzene rings is 2. The van der Waals surface area contributed by atoms with Gasteiger partial charge < -0.3 is 9.15 Å². The van der Waals surface area contributed by atoms with Gasteiger partial charge in [-0.2, -0.15) is 0 Å². The highest BCUT2D eigenvalue weighted by Gasteiger charge is 2.34. The summed E-state index contributed by atoms with van der Waals surface area (Å²) in [6, 6.07) is 17.1. The molecule has 28 heavy (non-hydrogen) atoms. The molecule has 2 heterocycles. The van der Waals surface area contributed by atoms with Gasteiger partial charge in [0.05, 0.1) is 5.69 Å². The van der Waals surface area contributed by atoms with Gasteiger partial charge >= 0.3 is 0 Å². The summed E-state index contributed by atoms with van der Waals surface area (Å²) in [6.07, 6.45) is -0.203. The molecule has 4 rings (SSSR count). The molecule has 146 valence electrons. The second-order valence-electron chi connectivity index (χ2n) is 7.10. The molecule has 3 aromatic rings. The highest BCUT2D eigenvalue weighted by molar-refractivity contribution is 5.57. The van der Waals surface area contributed by atoms with Crippen LogP contribution in [0.3, 0.4) is 0 Å². The van der Waals surface area contributed by atoms with Gasteiger partial charge in [-0.3, -0.25) is 4.90 Å². The Labute approximate surface area is 162 Å². The van der Waals surface area contributed by atoms with Gasteiger partial charge in [-0.15, -0.1) is 0 Å². The van der Waals surface area contributed by atoms with Crippen molar-refractivity contribution in [2.24, 2.45) is 0 Å². The first kappa shape index (κ1) is 18.6. The van der Waals surface area contributed by atoms with Crippen molar-refractivity contribution >= 4 is 0 Å². The average Bonchev–Trinajstić information content (AvgIpc) is 3.05. The van der Waals surface area contributed by atoms with E-state index in [2.05, 4.69) is 4.98 Å². The number of ether oxygens (including phenoxy) is 1. The highest BCUT2D eigenvalue weighted by atomic mass is 19.3. The van der Waals surface area contributed by atoms with E-state index in [9.17, 15) is 8.78 Å². The van der Waals surface area contributed by atoms with E-state index in [0.717, 1.165) is 17.0 Å². The van der Waals surface area contributed by atoms with Crippen molar-refractivity contribution in [3.63, 3.8) is 0 Å². The Balaban J connectivity index is 1.48. The number of aryl methyl sites for hydroxylation is 1. The molecule has 4 nitrogen and oxygen atoms in total. The first-order chi connectivity index (χ1) is 13.5. The number of para-hydroxylation sites is 1. The van der Waals surface area contributed by atoms with Crippen molar-refractivity contribution in [2.75, 3.05) is 13.1 Å². The number of nitrogens with zero attached hydrogens (tertiary/aromatic N) is 2. The molecule has 1 aromatic heterocycles. The molecule has 0 atom stereocenters. The lowest BCUT2D eigenvalue weighted by molar-refractivity contribution is -0.0568. The van der Waals surface area contributed by atoms with Crippen LogP contribution in [0.5, 0.6) is 11.5 Å². The van der Waals surface area contributed by atoms with Gasteiger partial charge in [0.2, 0.25) is 5.89 Å². The second kappa shape index (κ2) is 7.72. The van der Waals surface area contributed by atoms with Crippen molar-refractivity contribution in [3.8, 4) is 23.0 Å². The van der Waals surface area contributed by atoms with Gasteiger partial charge in [-0.05, 0) is 37.3 Å². The fourth-order valence-electron chi connectivity index (χ4n) is 3.27. The molecule has 6 heteroatoms. The van der Waals surface area contributed by atoms with E-state index in [1.54, 1.807) is 0 Å². The SMILES string of the molecule is Cc1oc(-c2cccc(Oc3ccccc3)c2)nc1CN1CCC(F)(F)CC1. The molecule has 0 unspecified atom stereocenters. The largest absolute Gasteiger partial charge is 0.457 e. The van der Waals surface area contributed by atoms with Crippen molar-refractivity contribution in [1.29, 1.82) is 0 Å². The van der Waals surface area contributed by atoms with Gasteiger partial charge in [0.25, 0.3) is 5.92 Å². The second-order valence-corrected chi connectivity index (χ2v) is 7.10. The van der Waals surface area contributed by atoms with Gasteiger partial charge in [0.15, 0.2) is 0 Å². The number of piperidine rings is 1. The summed E-state index contributed by atoms with van der Waals surface area (Å²) in [5.74, 6) is 0.125. The van der Waals surface area contributed by atoms with Crippen LogP contribution >= 0.6 is 0 Å². The monoisotopic (exact) mass is 384 g/mol. The Hall–Kier alpha value is -2.73. The molecule has 1 aliphatic heterocycles. The number of aromatic nitrogens is 1. The number of likely N-dealkylation sites (tertiary alicyclic amines) is 1. The van der Waals surface area contributed by atoms with Crippen LogP contribution in [0.25, 0.3) is 11.5 Å². The molecule has 0 N–H and O–H groups in total. The summed E-state index contributed by atoms with van der Waals surface area (Å²) in [7, 11) is 0. The minimum Gasteiger partial charge on any atom is -0.457 e. The van der Waals surface area contributed by atoms with Crippen molar-refractivity contribution in [3.05, 3.63) is 66.1 Å². The number of hydrogen-bond donors (Lipinski definition) is 0. The molecule has 2 aromatic carbocycles. The molecule has 0 amide bonds. The fourth-order valence-corrected chi connectivity index (χ4v) is 3.27. The van der Waals surface area contributed by atoms with E-state index in [0.29, 0.717) is 37.0 Å². The molecule has 0 bridgehead atoms. The third kappa shape index (κ3) is 4.39. The quantitative estimate of drug-likeness (QED) is 0.568. The van der Waals surface area contributed by atoms with Crippen LogP contribution in [0.2, 0.25) is 0 Å². The Morgan fingerprint density at radius 3 is 2.50 bits per heavy atom. The summed E-state index contributed by atoms with van der Waals surface area (Å²) in [6.45, 7) is 3.12. The Kier molecular flexibility index (Phi) is 5.13. The molecule has 0 aliphatic carbocycles. The Morgan fingerprint density at radius 2 is 1.75 bits per heavy atom. The summed E-state index contributed by atoms with van der Waals surface area (Å²) < 4.78 is 38.4. The van der Waals surface area contributed by atoms with Gasteiger partial charge in [-0.25, -0.2) is 13.8 Å². The first-order valence-corrected chi connectivity index (χ1v) is 9.38. The molecular formula is C22H22F2N2O2. The molecule has 0 saturated carbocycles. The molecule has 0 spiro atoms. The van der Waals surface area contributed by atoms with Gasteiger partial charge in [0.1, 0.15) is 17.3 Å². The number of halogens is 2. The molecule has 1 saturated heterocycles. The van der Waals surface area contributed by atoms with Crippen molar-refractivity contribution < 1.29 is 17.9 Å². The van der Waals surface area contributed by atoms with Crippen molar-refractivity contribution in [1.82, 2.24) is 9.88 Å². The maximum Gasteiger partial charge on any atom is 0.250 e. The fraction of sp³-hybridized carbons (Fsp3) is 0.318. The van der Waals surface area contributed by atoms with Crippen LogP contribution in [0, 0.1) is 6.92 Å². The number of hydrogen-bond acceptors (Lipinski definition) is 4. The van der Waals surface area contributed by atoms with E-state index in [1.165, 1.54) is 0 Å². The third-order valence-corrected chi connectivity index (χ3v) is 4.91. The van der Waals surface area contributed by atoms with Crippen LogP contribution in [-0.4, -0.2) is 28.9 Å². The van der Waals surface area contributed by atoms with Gasteiger partial charge in [0, 0.05) is 38.0 Å². The van der Waals surface area contributed by atoms with Crippen LogP contribution in [-0.2, 0) is 6.54 Å². The van der Waals surface area contributed by atoms with Crippen LogP contribution in [0.4, 0.5) is 8.78 Å². The van der Waals surface area contributed by atoms with E-state index in [-0.39, 0.29) is 12.8 Å². The number of oxazole rings is 1. The third-order valence-electron chi connectivity index (χ3n) is 4.91. The van der Waals surface area contributed by atoms with Crippen LogP contribution in [0.15, 0.2) is 59.0 Å². The Bertz CT molecular complexity index is 931. The lowest BCUT2D eigenvalue weighted by Gasteiger charge is -2.31. The maximum absolute atomic E-state index is 13.3. The normalized spacial score (nSPS) is 16.8. The smallest absolute Gasteiger partial charge is 0.250 e. The zero-order valence-electron chi connectivity index (χ0n) is 15.7. The minimum absolute atomic E-state index is 0.102. The average molecular weight is 384 g/mol. The van der Waals surface area contributed by atoms with E-state index < -0.39 is 5.92 Å². The minimum atomic E-state index is -2.54. The standard InChI is InChI=1S/C22H22F2N2O2/c1-16-20(15-26-12-10-22(23,24)11-13-26)25-21(27-16)17-6-5-9-19(14-17)28-18-7-3-2-4-8-18/h2-9,14H,10-13,15H2,1H3. The molecule has 0 radical (unpaired) electrons. The topological polar surface area (TPSA) is 38.5 Å². The first-order valence-electron chi connectivity index (χ1n) is 9.38. The predicted molar refractivity (Wildman–Crippen MR) is 103 cm³/mol. The maximum atomic E-state index is 13.3. The van der Waals surface area contributed by atoms with Gasteiger partial charge in [-0.1, -0.05) is 24.3 Å².